The molecule has 2 heterocycles. The zero-order valence-electron chi connectivity index (χ0n) is 18.3. The second-order valence-electron chi connectivity index (χ2n) is 7.26. The average molecular weight is 540 g/mol. The van der Waals surface area contributed by atoms with Crippen molar-refractivity contribution < 1.29 is 9.53 Å². The summed E-state index contributed by atoms with van der Waals surface area (Å²) in [5, 5.41) is 10.4. The van der Waals surface area contributed by atoms with Gasteiger partial charge < -0.3 is 20.3 Å². The van der Waals surface area contributed by atoms with Gasteiger partial charge in [-0.1, -0.05) is 12.1 Å². The summed E-state index contributed by atoms with van der Waals surface area (Å²) in [6.45, 7) is 8.36. The van der Waals surface area contributed by atoms with Crippen LogP contribution in [0.15, 0.2) is 47.7 Å². The number of hydrogen-bond donors (Lipinski definition) is 2. The number of hydrogen-bond acceptors (Lipinski definition) is 4. The Labute approximate surface area is 201 Å². The second kappa shape index (κ2) is 13.3. The van der Waals surface area contributed by atoms with Gasteiger partial charge in [0.25, 0.3) is 0 Å². The molecule has 0 atom stereocenters. The highest BCUT2D eigenvalue weighted by Gasteiger charge is 2.21. The van der Waals surface area contributed by atoms with Gasteiger partial charge in [-0.3, -0.25) is 9.48 Å². The van der Waals surface area contributed by atoms with E-state index >= 15 is 0 Å². The lowest BCUT2D eigenvalue weighted by molar-refractivity contribution is -0.116. The van der Waals surface area contributed by atoms with E-state index in [2.05, 4.69) is 27.6 Å². The molecule has 1 aromatic carbocycles. The van der Waals surface area contributed by atoms with Crippen LogP contribution < -0.4 is 10.6 Å². The molecule has 0 radical (unpaired) electrons. The number of ether oxygens (including phenoxy) is 1. The molecule has 0 saturated carbocycles. The van der Waals surface area contributed by atoms with Crippen LogP contribution in [0.2, 0.25) is 0 Å². The topological polar surface area (TPSA) is 83.8 Å². The van der Waals surface area contributed by atoms with Crippen molar-refractivity contribution >= 4 is 41.5 Å². The molecule has 0 aliphatic carbocycles. The molecule has 3 rings (SSSR count). The fourth-order valence-electron chi connectivity index (χ4n) is 3.55. The summed E-state index contributed by atoms with van der Waals surface area (Å²) in [4.78, 5) is 19.3. The maximum atomic E-state index is 12.2. The number of aliphatic imine (C=N–C) groups is 1. The minimum absolute atomic E-state index is 0. The Morgan fingerprint density at radius 3 is 2.74 bits per heavy atom. The van der Waals surface area contributed by atoms with E-state index in [0.717, 1.165) is 56.3 Å². The van der Waals surface area contributed by atoms with Crippen LogP contribution in [-0.2, 0) is 22.6 Å². The molecule has 2 aromatic rings. The Morgan fingerprint density at radius 1 is 1.26 bits per heavy atom. The van der Waals surface area contributed by atoms with E-state index in [1.54, 1.807) is 23.1 Å². The third kappa shape index (κ3) is 8.13. The Kier molecular flexibility index (Phi) is 10.8. The highest BCUT2D eigenvalue weighted by molar-refractivity contribution is 14.0. The van der Waals surface area contributed by atoms with Gasteiger partial charge in [-0.25, -0.2) is 4.99 Å². The van der Waals surface area contributed by atoms with Crippen molar-refractivity contribution in [3.8, 4) is 0 Å². The zero-order chi connectivity index (χ0) is 21.2. The van der Waals surface area contributed by atoms with Crippen LogP contribution in [-0.4, -0.2) is 58.9 Å². The van der Waals surface area contributed by atoms with E-state index in [1.165, 1.54) is 0 Å². The normalized spacial score (nSPS) is 14.8. The number of anilines is 1. The van der Waals surface area contributed by atoms with Crippen LogP contribution >= 0.6 is 24.0 Å². The fourth-order valence-corrected chi connectivity index (χ4v) is 3.55. The maximum absolute atomic E-state index is 12.2. The number of benzene rings is 1. The molecule has 31 heavy (non-hydrogen) atoms. The summed E-state index contributed by atoms with van der Waals surface area (Å²) >= 11 is 0. The van der Waals surface area contributed by atoms with Gasteiger partial charge >= 0.3 is 0 Å². The first-order valence-electron chi connectivity index (χ1n) is 10.7. The van der Waals surface area contributed by atoms with Gasteiger partial charge in [-0.05, 0) is 50.5 Å². The third-order valence-corrected chi connectivity index (χ3v) is 4.97. The predicted molar refractivity (Wildman–Crippen MR) is 134 cm³/mol. The Balaban J connectivity index is 0.00000341. The van der Waals surface area contributed by atoms with Gasteiger partial charge in [0.2, 0.25) is 5.91 Å². The van der Waals surface area contributed by atoms with Crippen molar-refractivity contribution in [2.45, 2.75) is 45.9 Å². The summed E-state index contributed by atoms with van der Waals surface area (Å²) in [7, 11) is 0. The molecular formula is C22H33IN6O2. The maximum Gasteiger partial charge on any atom is 0.246 e. The van der Waals surface area contributed by atoms with Crippen molar-refractivity contribution in [3.63, 3.8) is 0 Å². The number of rotatable bonds is 8. The zero-order valence-corrected chi connectivity index (χ0v) is 20.6. The Bertz CT molecular complexity index is 819. The monoisotopic (exact) mass is 540 g/mol. The molecule has 1 aliphatic heterocycles. The van der Waals surface area contributed by atoms with Gasteiger partial charge in [-0.15, -0.1) is 24.0 Å². The van der Waals surface area contributed by atoms with Crippen molar-refractivity contribution in [1.29, 1.82) is 0 Å². The van der Waals surface area contributed by atoms with Gasteiger partial charge in [-0.2, -0.15) is 5.10 Å². The minimum Gasteiger partial charge on any atom is -0.378 e. The summed E-state index contributed by atoms with van der Waals surface area (Å²) in [5.41, 5.74) is 1.81. The van der Waals surface area contributed by atoms with E-state index in [1.807, 2.05) is 31.2 Å². The molecule has 0 unspecified atom stereocenters. The van der Waals surface area contributed by atoms with Crippen LogP contribution in [0.4, 0.5) is 5.69 Å². The quantitative estimate of drug-likeness (QED) is 0.306. The lowest BCUT2D eigenvalue weighted by Gasteiger charge is -2.34. The predicted octanol–water partition coefficient (Wildman–Crippen LogP) is 3.11. The van der Waals surface area contributed by atoms with Gasteiger partial charge in [0.15, 0.2) is 5.96 Å². The molecule has 1 amide bonds. The van der Waals surface area contributed by atoms with Gasteiger partial charge in [0, 0.05) is 44.3 Å². The Hall–Kier alpha value is -2.14. The van der Waals surface area contributed by atoms with Gasteiger partial charge in [0.05, 0.1) is 12.6 Å². The average Bonchev–Trinajstić information content (AvgIpc) is 3.25. The molecular weight excluding hydrogens is 507 g/mol. The van der Waals surface area contributed by atoms with Crippen LogP contribution in [0.5, 0.6) is 0 Å². The largest absolute Gasteiger partial charge is 0.378 e. The second-order valence-corrected chi connectivity index (χ2v) is 7.26. The molecule has 1 aliphatic rings. The summed E-state index contributed by atoms with van der Waals surface area (Å²) in [6, 6.07) is 9.62. The first-order valence-corrected chi connectivity index (χ1v) is 10.7. The summed E-state index contributed by atoms with van der Waals surface area (Å²) in [5.74, 6) is 0.824. The van der Waals surface area contributed by atoms with Crippen LogP contribution in [0.3, 0.4) is 0 Å². The first-order chi connectivity index (χ1) is 14.7. The molecule has 0 spiro atoms. The van der Waals surface area contributed by atoms with E-state index in [0.29, 0.717) is 12.6 Å². The summed E-state index contributed by atoms with van der Waals surface area (Å²) < 4.78 is 7.35. The number of halogens is 1. The molecule has 9 heteroatoms. The number of likely N-dealkylation sites (tertiary alicyclic amines) is 1. The van der Waals surface area contributed by atoms with Crippen molar-refractivity contribution in [1.82, 2.24) is 20.0 Å². The molecule has 1 aromatic heterocycles. The van der Waals surface area contributed by atoms with Crippen molar-refractivity contribution in [2.75, 3.05) is 31.6 Å². The summed E-state index contributed by atoms with van der Waals surface area (Å²) in [6.07, 6.45) is 5.83. The first kappa shape index (κ1) is 25.1. The highest BCUT2D eigenvalue weighted by Crippen LogP contribution is 2.15. The van der Waals surface area contributed by atoms with E-state index in [4.69, 9.17) is 9.73 Å². The number of nitrogens with one attached hydrogen (secondary N) is 2. The number of carbonyl (C=O) groups is 1. The smallest absolute Gasteiger partial charge is 0.246 e. The number of carbonyl (C=O) groups excluding carboxylic acids is 1. The van der Waals surface area contributed by atoms with E-state index in [-0.39, 0.29) is 36.4 Å². The number of amides is 1. The molecule has 1 saturated heterocycles. The number of aromatic nitrogens is 2. The van der Waals surface area contributed by atoms with Crippen LogP contribution in [0.1, 0.15) is 32.3 Å². The number of piperidine rings is 1. The van der Waals surface area contributed by atoms with E-state index in [9.17, 15) is 4.79 Å². The molecule has 0 bridgehead atoms. The third-order valence-electron chi connectivity index (χ3n) is 4.97. The number of guanidine groups is 1. The molecule has 170 valence electrons. The van der Waals surface area contributed by atoms with Crippen LogP contribution in [0.25, 0.3) is 0 Å². The van der Waals surface area contributed by atoms with E-state index < -0.39 is 0 Å². The molecule has 2 N–H and O–H groups in total. The molecule has 1 fully saturated rings. The SMILES string of the molecule is CCNC(=NCc1cccc(NC(=O)Cn2cccn2)c1)N1CCC(OCC)CC1.I. The fraction of sp³-hybridized carbons (Fsp3) is 0.500. The lowest BCUT2D eigenvalue weighted by Crippen LogP contribution is -2.47. The Morgan fingerprint density at radius 2 is 2.06 bits per heavy atom. The standard InChI is InChI=1S/C22H32N6O2.HI/c1-3-23-22(27-13-9-20(10-14-27)30-4-2)24-16-18-7-5-8-19(15-18)26-21(29)17-28-12-6-11-25-28;/h5-8,11-12,15,20H,3-4,9-10,13-14,16-17H2,1-2H3,(H,23,24)(H,26,29);1H. The van der Waals surface area contributed by atoms with Crippen molar-refractivity contribution in [2.24, 2.45) is 4.99 Å². The minimum atomic E-state index is -0.107. The number of nitrogens with zero attached hydrogens (tertiary/aromatic N) is 4. The van der Waals surface area contributed by atoms with Crippen LogP contribution in [0, 0.1) is 0 Å². The van der Waals surface area contributed by atoms with Crippen molar-refractivity contribution in [3.05, 3.63) is 48.3 Å². The molecule has 8 nitrogen and oxygen atoms in total. The highest BCUT2D eigenvalue weighted by atomic mass is 127. The van der Waals surface area contributed by atoms with Gasteiger partial charge in [0.1, 0.15) is 6.54 Å². The lowest BCUT2D eigenvalue weighted by atomic mass is 10.1.